The van der Waals surface area contributed by atoms with Crippen LogP contribution in [-0.4, -0.2) is 77.3 Å². The van der Waals surface area contributed by atoms with Gasteiger partial charge in [0.25, 0.3) is 0 Å². The normalized spacial score (nSPS) is 22.2. The van der Waals surface area contributed by atoms with Crippen molar-refractivity contribution in [2.24, 2.45) is 0 Å². The largest absolute Gasteiger partial charge is 0.504 e. The molecule has 1 aliphatic heterocycles. The first-order valence-corrected chi connectivity index (χ1v) is 8.19. The summed E-state index contributed by atoms with van der Waals surface area (Å²) in [4.78, 5) is 0. The number of phenols is 1. The van der Waals surface area contributed by atoms with Crippen LogP contribution in [0.2, 0.25) is 0 Å². The van der Waals surface area contributed by atoms with Crippen molar-refractivity contribution in [2.75, 3.05) is 66.1 Å². The quantitative estimate of drug-likeness (QED) is 0.885. The van der Waals surface area contributed by atoms with Crippen LogP contribution in [0, 0.1) is 0 Å². The van der Waals surface area contributed by atoms with E-state index in [0.29, 0.717) is 65.2 Å². The van der Waals surface area contributed by atoms with E-state index in [9.17, 15) is 5.11 Å². The minimum atomic E-state index is -0.255. The molecular formula is C17H26O7. The fraction of sp³-hybridized carbons (Fsp3) is 0.647. The molecule has 1 atom stereocenters. The highest BCUT2D eigenvalue weighted by Gasteiger charge is 2.12. The van der Waals surface area contributed by atoms with Crippen LogP contribution in [0.15, 0.2) is 24.3 Å². The van der Waals surface area contributed by atoms with Gasteiger partial charge in [-0.05, 0) is 12.1 Å². The number of benzene rings is 1. The summed E-state index contributed by atoms with van der Waals surface area (Å²) in [5.74, 6) is 0.529. The second-order valence-electron chi connectivity index (χ2n) is 5.18. The van der Waals surface area contributed by atoms with Gasteiger partial charge in [0.1, 0.15) is 12.7 Å². The lowest BCUT2D eigenvalue weighted by Gasteiger charge is -2.19. The Hall–Kier alpha value is -1.38. The Morgan fingerprint density at radius 2 is 1.42 bits per heavy atom. The first-order chi connectivity index (χ1) is 11.9. The van der Waals surface area contributed by atoms with Crippen LogP contribution in [0.25, 0.3) is 0 Å². The molecule has 1 unspecified atom stereocenters. The maximum atomic E-state index is 9.73. The zero-order chi connectivity index (χ0) is 16.9. The van der Waals surface area contributed by atoms with Crippen LogP contribution in [-0.2, 0) is 23.7 Å². The summed E-state index contributed by atoms with van der Waals surface area (Å²) in [5.41, 5.74) is 0. The van der Waals surface area contributed by atoms with Crippen LogP contribution in [0.1, 0.15) is 0 Å². The first-order valence-electron chi connectivity index (χ1n) is 8.19. The summed E-state index contributed by atoms with van der Waals surface area (Å²) in [6.07, 6.45) is -0.255. The van der Waals surface area contributed by atoms with Crippen molar-refractivity contribution in [3.63, 3.8) is 0 Å². The van der Waals surface area contributed by atoms with Gasteiger partial charge in [0.2, 0.25) is 0 Å². The summed E-state index contributed by atoms with van der Waals surface area (Å²) < 4.78 is 33.1. The highest BCUT2D eigenvalue weighted by molar-refractivity contribution is 5.37. The third-order valence-corrected chi connectivity index (χ3v) is 3.29. The molecule has 2 rings (SSSR count). The Balaban J connectivity index is 1.77. The number of para-hydroxylation sites is 2. The first kappa shape index (κ1) is 19.0. The molecule has 0 saturated carbocycles. The Labute approximate surface area is 142 Å². The van der Waals surface area contributed by atoms with E-state index in [2.05, 4.69) is 0 Å². The lowest BCUT2D eigenvalue weighted by atomic mass is 10.3. The lowest BCUT2D eigenvalue weighted by molar-refractivity contribution is -0.0608. The average molecular weight is 342 g/mol. The van der Waals surface area contributed by atoms with Crippen molar-refractivity contribution in [1.82, 2.24) is 0 Å². The number of hydrogen-bond donors (Lipinski definition) is 1. The fourth-order valence-corrected chi connectivity index (χ4v) is 2.05. The molecule has 0 spiro atoms. The van der Waals surface area contributed by atoms with Crippen molar-refractivity contribution in [2.45, 2.75) is 6.10 Å². The Kier molecular flexibility index (Phi) is 9.52. The Morgan fingerprint density at radius 3 is 2.08 bits per heavy atom. The number of aromatic hydroxyl groups is 1. The van der Waals surface area contributed by atoms with E-state index in [0.717, 1.165) is 0 Å². The molecule has 0 aliphatic carbocycles. The second-order valence-corrected chi connectivity index (χ2v) is 5.18. The molecule has 7 nitrogen and oxygen atoms in total. The molecule has 0 aromatic heterocycles. The minimum absolute atomic E-state index is 0.104. The lowest BCUT2D eigenvalue weighted by Crippen LogP contribution is -2.29. The molecule has 0 radical (unpaired) electrons. The van der Waals surface area contributed by atoms with Gasteiger partial charge in [-0.3, -0.25) is 0 Å². The van der Waals surface area contributed by atoms with Crippen LogP contribution in [0.5, 0.6) is 11.5 Å². The standard InChI is InChI=1S/C17H26O7/c18-16-3-1-2-4-17(16)24-14-15-13-22-10-9-20-6-5-19-7-8-21-11-12-23-15/h1-4,15,18H,5-14H2. The topological polar surface area (TPSA) is 75.6 Å². The SMILES string of the molecule is Oc1ccccc1OCC1COCCOCCOCCOCCO1. The highest BCUT2D eigenvalue weighted by atomic mass is 16.6. The highest BCUT2D eigenvalue weighted by Crippen LogP contribution is 2.24. The number of rotatable bonds is 3. The Bertz CT molecular complexity index is 425. The molecule has 1 aliphatic rings. The van der Waals surface area contributed by atoms with Crippen molar-refractivity contribution in [1.29, 1.82) is 0 Å². The van der Waals surface area contributed by atoms with Gasteiger partial charge in [-0.15, -0.1) is 0 Å². The molecule has 1 aromatic carbocycles. The maximum absolute atomic E-state index is 9.73. The molecule has 136 valence electrons. The van der Waals surface area contributed by atoms with E-state index in [-0.39, 0.29) is 18.5 Å². The fourth-order valence-electron chi connectivity index (χ4n) is 2.05. The number of ether oxygens (including phenoxy) is 6. The van der Waals surface area contributed by atoms with E-state index in [1.807, 2.05) is 0 Å². The number of phenolic OH excluding ortho intramolecular Hbond substituents is 1. The molecular weight excluding hydrogens is 316 g/mol. The summed E-state index contributed by atoms with van der Waals surface area (Å²) in [6.45, 7) is 4.73. The van der Waals surface area contributed by atoms with E-state index >= 15 is 0 Å². The zero-order valence-electron chi connectivity index (χ0n) is 13.9. The second kappa shape index (κ2) is 12.0. The molecule has 0 amide bonds. The van der Waals surface area contributed by atoms with Gasteiger partial charge in [-0.25, -0.2) is 0 Å². The molecule has 1 heterocycles. The van der Waals surface area contributed by atoms with E-state index < -0.39 is 0 Å². The Morgan fingerprint density at radius 1 is 0.833 bits per heavy atom. The summed E-state index contributed by atoms with van der Waals surface area (Å²) in [5, 5.41) is 9.73. The molecule has 7 heteroatoms. The van der Waals surface area contributed by atoms with Gasteiger partial charge >= 0.3 is 0 Å². The predicted molar refractivity (Wildman–Crippen MR) is 86.6 cm³/mol. The van der Waals surface area contributed by atoms with Crippen molar-refractivity contribution in [3.05, 3.63) is 24.3 Å². The maximum Gasteiger partial charge on any atom is 0.161 e. The minimum Gasteiger partial charge on any atom is -0.504 e. The van der Waals surface area contributed by atoms with Crippen LogP contribution in [0.3, 0.4) is 0 Å². The predicted octanol–water partition coefficient (Wildman–Crippen LogP) is 1.24. The smallest absolute Gasteiger partial charge is 0.161 e. The average Bonchev–Trinajstić information content (AvgIpc) is 2.60. The zero-order valence-corrected chi connectivity index (χ0v) is 13.9. The van der Waals surface area contributed by atoms with E-state index in [1.165, 1.54) is 0 Å². The monoisotopic (exact) mass is 342 g/mol. The summed E-state index contributed by atoms with van der Waals surface area (Å²) in [7, 11) is 0. The summed E-state index contributed by atoms with van der Waals surface area (Å²) in [6, 6.07) is 6.83. The van der Waals surface area contributed by atoms with Gasteiger partial charge in [-0.2, -0.15) is 0 Å². The van der Waals surface area contributed by atoms with Gasteiger partial charge in [-0.1, -0.05) is 12.1 Å². The van der Waals surface area contributed by atoms with Gasteiger partial charge in [0, 0.05) is 0 Å². The van der Waals surface area contributed by atoms with Crippen molar-refractivity contribution >= 4 is 0 Å². The van der Waals surface area contributed by atoms with E-state index in [4.69, 9.17) is 28.4 Å². The van der Waals surface area contributed by atoms with Crippen LogP contribution in [0.4, 0.5) is 0 Å². The van der Waals surface area contributed by atoms with Gasteiger partial charge in [0.15, 0.2) is 11.5 Å². The van der Waals surface area contributed by atoms with Gasteiger partial charge < -0.3 is 33.5 Å². The molecule has 1 N–H and O–H groups in total. The van der Waals surface area contributed by atoms with E-state index in [1.54, 1.807) is 24.3 Å². The van der Waals surface area contributed by atoms with Crippen LogP contribution >= 0.6 is 0 Å². The molecule has 0 bridgehead atoms. The molecule has 1 saturated heterocycles. The molecule has 24 heavy (non-hydrogen) atoms. The molecule has 1 fully saturated rings. The third-order valence-electron chi connectivity index (χ3n) is 3.29. The number of hydrogen-bond acceptors (Lipinski definition) is 7. The van der Waals surface area contributed by atoms with Crippen molar-refractivity contribution < 1.29 is 33.5 Å². The van der Waals surface area contributed by atoms with Crippen molar-refractivity contribution in [3.8, 4) is 11.5 Å². The third kappa shape index (κ3) is 7.94. The van der Waals surface area contributed by atoms with Crippen LogP contribution < -0.4 is 4.74 Å². The summed E-state index contributed by atoms with van der Waals surface area (Å²) >= 11 is 0. The van der Waals surface area contributed by atoms with Gasteiger partial charge in [0.05, 0.1) is 59.5 Å². The molecule has 1 aromatic rings.